The van der Waals surface area contributed by atoms with Crippen LogP contribution in [0.1, 0.15) is 38.3 Å². The number of aryl methyl sites for hydroxylation is 1. The molecular formula is C18H24N2O3. The van der Waals surface area contributed by atoms with Gasteiger partial charge in [-0.3, -0.25) is 4.79 Å². The van der Waals surface area contributed by atoms with E-state index in [-0.39, 0.29) is 18.2 Å². The predicted octanol–water partition coefficient (Wildman–Crippen LogP) is 2.89. The van der Waals surface area contributed by atoms with Crippen LogP contribution in [-0.4, -0.2) is 28.0 Å². The van der Waals surface area contributed by atoms with E-state index in [0.29, 0.717) is 6.42 Å². The summed E-state index contributed by atoms with van der Waals surface area (Å²) in [6.07, 6.45) is 3.35. The Morgan fingerprint density at radius 2 is 2.00 bits per heavy atom. The Bertz CT molecular complexity index is 703. The van der Waals surface area contributed by atoms with Gasteiger partial charge in [-0.2, -0.15) is 0 Å². The van der Waals surface area contributed by atoms with E-state index in [2.05, 4.69) is 23.3 Å². The molecule has 0 unspecified atom stereocenters. The maximum absolute atomic E-state index is 12.2. The Hall–Kier alpha value is -2.30. The first-order valence-corrected chi connectivity index (χ1v) is 8.02. The minimum Gasteiger partial charge on any atom is -0.480 e. The molecule has 0 radical (unpaired) electrons. The number of carbonyl (C=O) groups excluding carboxylic acids is 1. The Kier molecular flexibility index (Phi) is 5.42. The van der Waals surface area contributed by atoms with Gasteiger partial charge in [0.2, 0.25) is 5.91 Å². The van der Waals surface area contributed by atoms with Crippen molar-refractivity contribution in [3.63, 3.8) is 0 Å². The van der Waals surface area contributed by atoms with Crippen molar-refractivity contribution < 1.29 is 14.7 Å². The highest BCUT2D eigenvalue weighted by Gasteiger charge is 2.21. The number of benzene rings is 1. The number of hydrogen-bond donors (Lipinski definition) is 3. The number of carbonyl (C=O) groups is 2. The van der Waals surface area contributed by atoms with Gasteiger partial charge in [0, 0.05) is 17.1 Å². The molecule has 1 atom stereocenters. The van der Waals surface area contributed by atoms with E-state index in [1.807, 2.05) is 32.2 Å². The standard InChI is InChI=1S/C18H24N2O3/c1-4-12-6-5-7-14-13(10-19-17(12)14)9-16(21)20-15(18(22)23)8-11(2)3/h5-7,10-11,15,19H,4,8-9H2,1-3H3,(H,20,21)(H,22,23)/t15-/m0/s1. The summed E-state index contributed by atoms with van der Waals surface area (Å²) in [5, 5.41) is 12.9. The van der Waals surface area contributed by atoms with E-state index in [9.17, 15) is 14.7 Å². The van der Waals surface area contributed by atoms with Gasteiger partial charge in [-0.1, -0.05) is 39.0 Å². The number of hydrogen-bond acceptors (Lipinski definition) is 2. The van der Waals surface area contributed by atoms with Crippen LogP contribution in [0.15, 0.2) is 24.4 Å². The molecule has 0 saturated heterocycles. The quantitative estimate of drug-likeness (QED) is 0.734. The van der Waals surface area contributed by atoms with Crippen molar-refractivity contribution in [3.8, 4) is 0 Å². The zero-order chi connectivity index (χ0) is 17.0. The summed E-state index contributed by atoms with van der Waals surface area (Å²) >= 11 is 0. The fourth-order valence-corrected chi connectivity index (χ4v) is 2.83. The first kappa shape index (κ1) is 17.1. The molecule has 5 nitrogen and oxygen atoms in total. The summed E-state index contributed by atoms with van der Waals surface area (Å²) in [4.78, 5) is 26.7. The lowest BCUT2D eigenvalue weighted by molar-refractivity contribution is -0.142. The number of H-pyrrole nitrogens is 1. The fourth-order valence-electron chi connectivity index (χ4n) is 2.83. The second-order valence-corrected chi connectivity index (χ2v) is 6.27. The van der Waals surface area contributed by atoms with Crippen LogP contribution < -0.4 is 5.32 Å². The van der Waals surface area contributed by atoms with E-state index in [0.717, 1.165) is 22.9 Å². The van der Waals surface area contributed by atoms with Gasteiger partial charge in [0.1, 0.15) is 6.04 Å². The SMILES string of the molecule is CCc1cccc2c(CC(=O)N[C@@H](CC(C)C)C(=O)O)c[nH]c12. The number of rotatable bonds is 7. The van der Waals surface area contributed by atoms with Crippen LogP contribution in [0.25, 0.3) is 10.9 Å². The Labute approximate surface area is 136 Å². The molecule has 2 aromatic rings. The first-order valence-electron chi connectivity index (χ1n) is 8.02. The third-order valence-corrected chi connectivity index (χ3v) is 3.96. The van der Waals surface area contributed by atoms with Crippen molar-refractivity contribution >= 4 is 22.8 Å². The minimum atomic E-state index is -0.987. The topological polar surface area (TPSA) is 82.2 Å². The van der Waals surface area contributed by atoms with E-state index in [4.69, 9.17) is 0 Å². The summed E-state index contributed by atoms with van der Waals surface area (Å²) < 4.78 is 0. The van der Waals surface area contributed by atoms with Gasteiger partial charge in [0.05, 0.1) is 6.42 Å². The molecule has 1 aromatic heterocycles. The highest BCUT2D eigenvalue weighted by atomic mass is 16.4. The molecule has 5 heteroatoms. The summed E-state index contributed by atoms with van der Waals surface area (Å²) in [5.74, 6) is -1.04. The van der Waals surface area contributed by atoms with Crippen molar-refractivity contribution in [1.82, 2.24) is 10.3 Å². The number of aromatic nitrogens is 1. The molecule has 0 spiro atoms. The average molecular weight is 316 g/mol. The van der Waals surface area contributed by atoms with Gasteiger partial charge in [0.25, 0.3) is 0 Å². The number of aliphatic carboxylic acids is 1. The Morgan fingerprint density at radius 3 is 2.61 bits per heavy atom. The lowest BCUT2D eigenvalue weighted by Crippen LogP contribution is -2.42. The molecule has 1 aromatic carbocycles. The van der Waals surface area contributed by atoms with Crippen LogP contribution in [0.4, 0.5) is 0 Å². The van der Waals surface area contributed by atoms with E-state index < -0.39 is 12.0 Å². The van der Waals surface area contributed by atoms with E-state index in [1.165, 1.54) is 5.56 Å². The number of carboxylic acid groups (broad SMARTS) is 1. The van der Waals surface area contributed by atoms with Crippen LogP contribution in [0, 0.1) is 5.92 Å². The summed E-state index contributed by atoms with van der Waals surface area (Å²) in [6.45, 7) is 5.97. The Balaban J connectivity index is 2.12. The molecule has 124 valence electrons. The first-order chi connectivity index (χ1) is 10.9. The molecule has 0 aliphatic heterocycles. The summed E-state index contributed by atoms with van der Waals surface area (Å²) in [5.41, 5.74) is 3.15. The third-order valence-electron chi connectivity index (χ3n) is 3.96. The minimum absolute atomic E-state index is 0.176. The van der Waals surface area contributed by atoms with Crippen LogP contribution in [-0.2, 0) is 22.4 Å². The number of fused-ring (bicyclic) bond motifs is 1. The van der Waals surface area contributed by atoms with Crippen LogP contribution >= 0.6 is 0 Å². The van der Waals surface area contributed by atoms with Crippen molar-refractivity contribution in [1.29, 1.82) is 0 Å². The Morgan fingerprint density at radius 1 is 1.26 bits per heavy atom. The molecule has 0 aliphatic rings. The highest BCUT2D eigenvalue weighted by molar-refractivity contribution is 5.91. The zero-order valence-electron chi connectivity index (χ0n) is 13.8. The van der Waals surface area contributed by atoms with Gasteiger partial charge in [-0.25, -0.2) is 4.79 Å². The van der Waals surface area contributed by atoms with Gasteiger partial charge < -0.3 is 15.4 Å². The van der Waals surface area contributed by atoms with Crippen molar-refractivity contribution in [2.45, 2.75) is 46.1 Å². The smallest absolute Gasteiger partial charge is 0.326 e. The van der Waals surface area contributed by atoms with Crippen LogP contribution in [0.5, 0.6) is 0 Å². The fraction of sp³-hybridized carbons (Fsp3) is 0.444. The molecule has 1 amide bonds. The predicted molar refractivity (Wildman–Crippen MR) is 90.4 cm³/mol. The van der Waals surface area contributed by atoms with E-state index >= 15 is 0 Å². The lowest BCUT2D eigenvalue weighted by atomic mass is 10.0. The van der Waals surface area contributed by atoms with Crippen molar-refractivity contribution in [2.24, 2.45) is 5.92 Å². The second kappa shape index (κ2) is 7.31. The molecule has 1 heterocycles. The normalized spacial score (nSPS) is 12.5. The average Bonchev–Trinajstić information content (AvgIpc) is 2.89. The van der Waals surface area contributed by atoms with Crippen LogP contribution in [0.3, 0.4) is 0 Å². The van der Waals surface area contributed by atoms with Gasteiger partial charge in [0.15, 0.2) is 0 Å². The monoisotopic (exact) mass is 316 g/mol. The van der Waals surface area contributed by atoms with E-state index in [1.54, 1.807) is 0 Å². The molecule has 0 saturated carbocycles. The second-order valence-electron chi connectivity index (χ2n) is 6.27. The lowest BCUT2D eigenvalue weighted by Gasteiger charge is -2.16. The largest absolute Gasteiger partial charge is 0.480 e. The molecule has 0 fully saturated rings. The van der Waals surface area contributed by atoms with Crippen molar-refractivity contribution in [3.05, 3.63) is 35.5 Å². The molecule has 3 N–H and O–H groups in total. The van der Waals surface area contributed by atoms with Crippen molar-refractivity contribution in [2.75, 3.05) is 0 Å². The molecule has 0 aliphatic carbocycles. The number of carboxylic acids is 1. The van der Waals surface area contributed by atoms with Gasteiger partial charge in [-0.05, 0) is 29.9 Å². The summed E-state index contributed by atoms with van der Waals surface area (Å²) in [6, 6.07) is 5.19. The number of aromatic amines is 1. The number of nitrogens with one attached hydrogen (secondary N) is 2. The third kappa shape index (κ3) is 4.12. The molecule has 0 bridgehead atoms. The molecule has 23 heavy (non-hydrogen) atoms. The van der Waals surface area contributed by atoms with Crippen LogP contribution in [0.2, 0.25) is 0 Å². The number of para-hydroxylation sites is 1. The molecular weight excluding hydrogens is 292 g/mol. The van der Waals surface area contributed by atoms with Gasteiger partial charge >= 0.3 is 5.97 Å². The maximum Gasteiger partial charge on any atom is 0.326 e. The highest BCUT2D eigenvalue weighted by Crippen LogP contribution is 2.22. The zero-order valence-corrected chi connectivity index (χ0v) is 13.8. The maximum atomic E-state index is 12.2. The number of amides is 1. The molecule has 2 rings (SSSR count). The summed E-state index contributed by atoms with van der Waals surface area (Å²) in [7, 11) is 0. The van der Waals surface area contributed by atoms with Gasteiger partial charge in [-0.15, -0.1) is 0 Å².